The minimum absolute atomic E-state index is 0.846. The zero-order chi connectivity index (χ0) is 25.2. The van der Waals surface area contributed by atoms with E-state index in [1.807, 2.05) is 0 Å². The van der Waals surface area contributed by atoms with Gasteiger partial charge in [0.15, 0.2) is 0 Å². The Bertz CT molecular complexity index is 600. The van der Waals surface area contributed by atoms with Crippen molar-refractivity contribution in [3.05, 3.63) is 71.8 Å². The molecule has 1 nitrogen and oxygen atoms in total. The zero-order valence-electron chi connectivity index (χ0n) is 23.0. The van der Waals surface area contributed by atoms with Gasteiger partial charge in [0.05, 0.1) is 0 Å². The summed E-state index contributed by atoms with van der Waals surface area (Å²) in [5.41, 5.74) is 2.72. The first-order valence-electron chi connectivity index (χ1n) is 14.6. The molecule has 0 saturated heterocycles. The molecule has 0 atom stereocenters. The predicted octanol–water partition coefficient (Wildman–Crippen LogP) is 10.8. The van der Waals surface area contributed by atoms with E-state index in [0.717, 1.165) is 19.0 Å². The summed E-state index contributed by atoms with van der Waals surface area (Å²) in [7, 11) is 2.15. The van der Waals surface area contributed by atoms with Crippen molar-refractivity contribution in [3.63, 3.8) is 0 Å². The number of nitrogens with zero attached hydrogens (tertiary/aromatic N) is 1. The SMILES string of the molecule is CCCCCCCCCCCCCCCCCCCl.CN(Cc1ccccc1)Cc1ccccc1. The van der Waals surface area contributed by atoms with Gasteiger partial charge in [-0.15, -0.1) is 11.6 Å². The van der Waals surface area contributed by atoms with E-state index in [1.165, 1.54) is 114 Å². The van der Waals surface area contributed by atoms with Crippen LogP contribution < -0.4 is 0 Å². The number of benzene rings is 2. The maximum Gasteiger partial charge on any atom is 0.0234 e. The second-order valence-corrected chi connectivity index (χ2v) is 10.5. The number of halogens is 1. The van der Waals surface area contributed by atoms with E-state index in [-0.39, 0.29) is 0 Å². The van der Waals surface area contributed by atoms with Crippen LogP contribution in [0.15, 0.2) is 60.7 Å². The molecule has 2 aromatic rings. The lowest BCUT2D eigenvalue weighted by Crippen LogP contribution is -2.16. The molecule has 0 aliphatic rings. The first-order valence-corrected chi connectivity index (χ1v) is 15.1. The van der Waals surface area contributed by atoms with Crippen molar-refractivity contribution in [1.29, 1.82) is 0 Å². The highest BCUT2D eigenvalue weighted by Crippen LogP contribution is 2.13. The van der Waals surface area contributed by atoms with E-state index in [1.54, 1.807) is 0 Å². The molecule has 0 fully saturated rings. The van der Waals surface area contributed by atoms with E-state index in [9.17, 15) is 0 Å². The van der Waals surface area contributed by atoms with E-state index in [2.05, 4.69) is 79.5 Å². The third-order valence-electron chi connectivity index (χ3n) is 6.58. The summed E-state index contributed by atoms with van der Waals surface area (Å²) in [4.78, 5) is 2.32. The highest BCUT2D eigenvalue weighted by atomic mass is 35.5. The van der Waals surface area contributed by atoms with Crippen molar-refractivity contribution >= 4 is 11.6 Å². The number of hydrogen-bond acceptors (Lipinski definition) is 1. The maximum atomic E-state index is 5.66. The van der Waals surface area contributed by atoms with Gasteiger partial charge in [0.2, 0.25) is 0 Å². The van der Waals surface area contributed by atoms with Crippen LogP contribution in [0.1, 0.15) is 121 Å². The second-order valence-electron chi connectivity index (χ2n) is 10.1. The molecule has 2 aromatic carbocycles. The minimum atomic E-state index is 0.846. The summed E-state index contributed by atoms with van der Waals surface area (Å²) in [5, 5.41) is 0. The molecule has 0 bridgehead atoms. The molecule has 2 rings (SSSR count). The molecule has 0 radical (unpaired) electrons. The number of unbranched alkanes of at least 4 members (excludes halogenated alkanes) is 15. The molecular formula is C33H54ClN. The first kappa shape index (κ1) is 31.7. The molecule has 2 heteroatoms. The zero-order valence-corrected chi connectivity index (χ0v) is 23.8. The first-order chi connectivity index (χ1) is 17.3. The van der Waals surface area contributed by atoms with Gasteiger partial charge < -0.3 is 0 Å². The van der Waals surface area contributed by atoms with Gasteiger partial charge >= 0.3 is 0 Å². The number of hydrogen-bond donors (Lipinski definition) is 0. The molecule has 0 spiro atoms. The Balaban J connectivity index is 0.000000353. The van der Waals surface area contributed by atoms with Gasteiger partial charge in [-0.2, -0.15) is 0 Å². The van der Waals surface area contributed by atoms with Crippen LogP contribution in [-0.4, -0.2) is 17.8 Å². The van der Waals surface area contributed by atoms with Crippen molar-refractivity contribution in [1.82, 2.24) is 4.90 Å². The number of rotatable bonds is 20. The van der Waals surface area contributed by atoms with Crippen molar-refractivity contribution in [2.45, 2.75) is 123 Å². The third kappa shape index (κ3) is 20.6. The maximum absolute atomic E-state index is 5.66. The molecule has 35 heavy (non-hydrogen) atoms. The lowest BCUT2D eigenvalue weighted by molar-refractivity contribution is 0.319. The fourth-order valence-electron chi connectivity index (χ4n) is 4.49. The molecule has 0 aliphatic heterocycles. The lowest BCUT2D eigenvalue weighted by Gasteiger charge is -2.16. The Morgan fingerprint density at radius 1 is 0.486 bits per heavy atom. The molecule has 0 aromatic heterocycles. The van der Waals surface area contributed by atoms with Crippen LogP contribution in [0.2, 0.25) is 0 Å². The number of alkyl halides is 1. The van der Waals surface area contributed by atoms with Crippen LogP contribution in [0.25, 0.3) is 0 Å². The van der Waals surface area contributed by atoms with Crippen LogP contribution in [0.5, 0.6) is 0 Å². The predicted molar refractivity (Wildman–Crippen MR) is 158 cm³/mol. The summed E-state index contributed by atoms with van der Waals surface area (Å²) in [6, 6.07) is 21.1. The Morgan fingerprint density at radius 2 is 0.800 bits per heavy atom. The van der Waals surface area contributed by atoms with Gasteiger partial charge in [0.1, 0.15) is 0 Å². The van der Waals surface area contributed by atoms with Gasteiger partial charge in [-0.05, 0) is 24.6 Å². The van der Waals surface area contributed by atoms with Gasteiger partial charge in [0, 0.05) is 19.0 Å². The van der Waals surface area contributed by atoms with E-state index >= 15 is 0 Å². The van der Waals surface area contributed by atoms with Crippen molar-refractivity contribution in [3.8, 4) is 0 Å². The molecule has 0 heterocycles. The standard InChI is InChI=1S/C18H37Cl.C15H17N/c1-2-3-4-5-6-7-8-9-10-11-12-13-14-15-16-17-18-19;1-16(12-14-8-4-2-5-9-14)13-15-10-6-3-7-11-15/h2-18H2,1H3;2-11H,12-13H2,1H3. The van der Waals surface area contributed by atoms with Crippen molar-refractivity contribution < 1.29 is 0 Å². The summed E-state index contributed by atoms with van der Waals surface area (Å²) in [6.45, 7) is 4.28. The Labute approximate surface area is 223 Å². The fourth-order valence-corrected chi connectivity index (χ4v) is 4.68. The van der Waals surface area contributed by atoms with E-state index in [0.29, 0.717) is 0 Å². The quantitative estimate of drug-likeness (QED) is 0.129. The molecule has 0 amide bonds. The Hall–Kier alpha value is -1.31. The molecule has 198 valence electrons. The normalized spacial score (nSPS) is 10.9. The van der Waals surface area contributed by atoms with Gasteiger partial charge in [-0.3, -0.25) is 4.90 Å². The summed E-state index contributed by atoms with van der Waals surface area (Å²) >= 11 is 5.66. The molecule has 0 saturated carbocycles. The molecule has 0 N–H and O–H groups in total. The summed E-state index contributed by atoms with van der Waals surface area (Å²) in [5.74, 6) is 0.846. The largest absolute Gasteiger partial charge is 0.298 e. The highest BCUT2D eigenvalue weighted by Gasteiger charge is 2.00. The van der Waals surface area contributed by atoms with Crippen LogP contribution in [0, 0.1) is 0 Å². The third-order valence-corrected chi connectivity index (χ3v) is 6.85. The smallest absolute Gasteiger partial charge is 0.0234 e. The van der Waals surface area contributed by atoms with Gasteiger partial charge in [0.25, 0.3) is 0 Å². The van der Waals surface area contributed by atoms with Gasteiger partial charge in [-0.25, -0.2) is 0 Å². The van der Waals surface area contributed by atoms with Crippen LogP contribution in [0.3, 0.4) is 0 Å². The van der Waals surface area contributed by atoms with Crippen molar-refractivity contribution in [2.75, 3.05) is 12.9 Å². The molecule has 0 unspecified atom stereocenters. The van der Waals surface area contributed by atoms with Crippen molar-refractivity contribution in [2.24, 2.45) is 0 Å². The van der Waals surface area contributed by atoms with Gasteiger partial charge in [-0.1, -0.05) is 164 Å². The molecule has 0 aliphatic carbocycles. The monoisotopic (exact) mass is 499 g/mol. The fraction of sp³-hybridized carbons (Fsp3) is 0.636. The van der Waals surface area contributed by atoms with Crippen LogP contribution in [-0.2, 0) is 13.1 Å². The van der Waals surface area contributed by atoms with Crippen LogP contribution >= 0.6 is 11.6 Å². The highest BCUT2D eigenvalue weighted by molar-refractivity contribution is 6.17. The lowest BCUT2D eigenvalue weighted by atomic mass is 10.0. The second kappa shape index (κ2) is 24.4. The average Bonchev–Trinajstić information content (AvgIpc) is 2.88. The summed E-state index contributed by atoms with van der Waals surface area (Å²) < 4.78 is 0. The minimum Gasteiger partial charge on any atom is -0.298 e. The Kier molecular flexibility index (Phi) is 22.1. The Morgan fingerprint density at radius 3 is 1.11 bits per heavy atom. The average molecular weight is 500 g/mol. The molecular weight excluding hydrogens is 446 g/mol. The van der Waals surface area contributed by atoms with Crippen LogP contribution in [0.4, 0.5) is 0 Å². The summed E-state index contributed by atoms with van der Waals surface area (Å²) in [6.07, 6.45) is 22.8. The topological polar surface area (TPSA) is 3.24 Å². The van der Waals surface area contributed by atoms with E-state index in [4.69, 9.17) is 11.6 Å². The van der Waals surface area contributed by atoms with E-state index < -0.39 is 0 Å².